The largest absolute Gasteiger partial charge is 0.373 e. The van der Waals surface area contributed by atoms with E-state index in [1.165, 1.54) is 15.6 Å². The topological polar surface area (TPSA) is 72.6 Å². The van der Waals surface area contributed by atoms with E-state index in [0.29, 0.717) is 22.9 Å². The van der Waals surface area contributed by atoms with Crippen molar-refractivity contribution in [3.63, 3.8) is 0 Å². The van der Waals surface area contributed by atoms with Crippen molar-refractivity contribution in [1.29, 1.82) is 0 Å². The highest BCUT2D eigenvalue weighted by molar-refractivity contribution is 7.89. The van der Waals surface area contributed by atoms with Crippen LogP contribution in [0.3, 0.4) is 0 Å². The SMILES string of the molecule is CC1CN(S(=O)(=O)c2ccsc2CN)CC(C)O1. The maximum Gasteiger partial charge on any atom is 0.244 e. The van der Waals surface area contributed by atoms with Crippen molar-refractivity contribution in [3.05, 3.63) is 16.3 Å². The number of sulfonamides is 1. The van der Waals surface area contributed by atoms with Crippen LogP contribution in [0.4, 0.5) is 0 Å². The summed E-state index contributed by atoms with van der Waals surface area (Å²) in [5.74, 6) is 0. The maximum absolute atomic E-state index is 12.5. The number of ether oxygens (including phenoxy) is 1. The normalized spacial score (nSPS) is 26.4. The zero-order valence-corrected chi connectivity index (χ0v) is 12.1. The van der Waals surface area contributed by atoms with Gasteiger partial charge in [0.2, 0.25) is 10.0 Å². The molecule has 1 aromatic rings. The first-order valence-corrected chi connectivity index (χ1v) is 8.19. The molecule has 2 unspecified atom stereocenters. The molecule has 1 aliphatic rings. The maximum atomic E-state index is 12.5. The minimum atomic E-state index is -3.44. The second-order valence-corrected chi connectivity index (χ2v) is 7.40. The van der Waals surface area contributed by atoms with Crippen molar-refractivity contribution in [1.82, 2.24) is 4.31 Å². The molecular formula is C11H18N2O3S2. The van der Waals surface area contributed by atoms with Crippen LogP contribution in [0.15, 0.2) is 16.3 Å². The lowest BCUT2D eigenvalue weighted by atomic mass is 10.3. The monoisotopic (exact) mass is 290 g/mol. The lowest BCUT2D eigenvalue weighted by Crippen LogP contribution is -2.48. The van der Waals surface area contributed by atoms with Crippen LogP contribution in [-0.4, -0.2) is 38.0 Å². The van der Waals surface area contributed by atoms with Gasteiger partial charge in [0, 0.05) is 24.5 Å². The average molecular weight is 290 g/mol. The fourth-order valence-electron chi connectivity index (χ4n) is 2.17. The van der Waals surface area contributed by atoms with Gasteiger partial charge in [0.25, 0.3) is 0 Å². The van der Waals surface area contributed by atoms with E-state index in [9.17, 15) is 8.42 Å². The quantitative estimate of drug-likeness (QED) is 0.901. The van der Waals surface area contributed by atoms with Crippen LogP contribution in [0.1, 0.15) is 18.7 Å². The van der Waals surface area contributed by atoms with Crippen LogP contribution in [0.2, 0.25) is 0 Å². The van der Waals surface area contributed by atoms with Crippen LogP contribution in [0.5, 0.6) is 0 Å². The molecule has 2 heterocycles. The first-order valence-electron chi connectivity index (χ1n) is 5.87. The van der Waals surface area contributed by atoms with Crippen LogP contribution in [0.25, 0.3) is 0 Å². The van der Waals surface area contributed by atoms with E-state index in [1.54, 1.807) is 11.4 Å². The van der Waals surface area contributed by atoms with Crippen LogP contribution in [0, 0.1) is 0 Å². The average Bonchev–Trinajstić information content (AvgIpc) is 2.76. The van der Waals surface area contributed by atoms with Crippen LogP contribution >= 0.6 is 11.3 Å². The first kappa shape index (κ1) is 14.0. The van der Waals surface area contributed by atoms with Crippen molar-refractivity contribution in [2.45, 2.75) is 37.5 Å². The Labute approximate surface area is 112 Å². The molecule has 102 valence electrons. The summed E-state index contributed by atoms with van der Waals surface area (Å²) in [5.41, 5.74) is 5.58. The Kier molecular flexibility index (Phi) is 4.08. The Hall–Kier alpha value is -0.470. The van der Waals surface area contributed by atoms with E-state index in [4.69, 9.17) is 10.5 Å². The van der Waals surface area contributed by atoms with Crippen molar-refractivity contribution in [2.24, 2.45) is 5.73 Å². The molecule has 0 aromatic carbocycles. The molecule has 0 bridgehead atoms. The smallest absolute Gasteiger partial charge is 0.244 e. The molecule has 1 saturated heterocycles. The van der Waals surface area contributed by atoms with Gasteiger partial charge in [-0.15, -0.1) is 11.3 Å². The summed E-state index contributed by atoms with van der Waals surface area (Å²) >= 11 is 1.38. The van der Waals surface area contributed by atoms with E-state index in [1.807, 2.05) is 13.8 Å². The Bertz CT molecular complexity index is 502. The standard InChI is InChI=1S/C11H18N2O3S2/c1-8-6-13(7-9(2)16-8)18(14,15)11-3-4-17-10(11)5-12/h3-4,8-9H,5-7,12H2,1-2H3. The summed E-state index contributed by atoms with van der Waals surface area (Å²) in [6.45, 7) is 4.81. The van der Waals surface area contributed by atoms with Crippen molar-refractivity contribution in [3.8, 4) is 0 Å². The van der Waals surface area contributed by atoms with Gasteiger partial charge in [0.05, 0.1) is 17.1 Å². The van der Waals surface area contributed by atoms with E-state index in [0.717, 1.165) is 0 Å². The summed E-state index contributed by atoms with van der Waals surface area (Å²) in [6, 6.07) is 1.63. The van der Waals surface area contributed by atoms with Crippen molar-refractivity contribution in [2.75, 3.05) is 13.1 Å². The minimum absolute atomic E-state index is 0.0801. The van der Waals surface area contributed by atoms with Gasteiger partial charge in [-0.1, -0.05) is 0 Å². The highest BCUT2D eigenvalue weighted by Gasteiger charge is 2.33. The molecule has 0 radical (unpaired) electrons. The number of nitrogens with zero attached hydrogens (tertiary/aromatic N) is 1. The highest BCUT2D eigenvalue weighted by Crippen LogP contribution is 2.27. The fraction of sp³-hybridized carbons (Fsp3) is 0.636. The summed E-state index contributed by atoms with van der Waals surface area (Å²) in [4.78, 5) is 1.05. The number of hydrogen-bond acceptors (Lipinski definition) is 5. The lowest BCUT2D eigenvalue weighted by molar-refractivity contribution is -0.0440. The number of morpholine rings is 1. The number of rotatable bonds is 3. The molecule has 0 spiro atoms. The van der Waals surface area contributed by atoms with Crippen molar-refractivity contribution >= 4 is 21.4 Å². The molecule has 5 nitrogen and oxygen atoms in total. The number of nitrogens with two attached hydrogens (primary N) is 1. The van der Waals surface area contributed by atoms with Gasteiger partial charge in [-0.25, -0.2) is 8.42 Å². The van der Waals surface area contributed by atoms with Crippen LogP contribution in [-0.2, 0) is 21.3 Å². The molecule has 1 fully saturated rings. The second-order valence-electron chi connectivity index (χ2n) is 4.49. The van der Waals surface area contributed by atoms with Crippen molar-refractivity contribution < 1.29 is 13.2 Å². The molecule has 1 aliphatic heterocycles. The van der Waals surface area contributed by atoms with Gasteiger partial charge in [-0.05, 0) is 25.3 Å². The van der Waals surface area contributed by atoms with Gasteiger partial charge in [-0.2, -0.15) is 4.31 Å². The molecule has 0 amide bonds. The Morgan fingerprint density at radius 1 is 1.44 bits per heavy atom. The van der Waals surface area contributed by atoms with Gasteiger partial charge < -0.3 is 10.5 Å². The van der Waals surface area contributed by atoms with Gasteiger partial charge in [0.15, 0.2) is 0 Å². The first-order chi connectivity index (χ1) is 8.45. The van der Waals surface area contributed by atoms with Crippen LogP contribution < -0.4 is 5.73 Å². The molecule has 1 aromatic heterocycles. The summed E-state index contributed by atoms with van der Waals surface area (Å²) < 4.78 is 32.1. The summed E-state index contributed by atoms with van der Waals surface area (Å²) in [6.07, 6.45) is -0.160. The van der Waals surface area contributed by atoms with Gasteiger partial charge in [0.1, 0.15) is 0 Å². The predicted molar refractivity (Wildman–Crippen MR) is 71.0 cm³/mol. The molecule has 2 N–H and O–H groups in total. The molecule has 0 aliphatic carbocycles. The Balaban J connectivity index is 2.31. The molecular weight excluding hydrogens is 272 g/mol. The molecule has 0 saturated carbocycles. The zero-order valence-electron chi connectivity index (χ0n) is 10.5. The van der Waals surface area contributed by atoms with E-state index in [2.05, 4.69) is 0 Å². The second kappa shape index (κ2) is 5.26. The number of hydrogen-bond donors (Lipinski definition) is 1. The Morgan fingerprint density at radius 3 is 2.61 bits per heavy atom. The lowest BCUT2D eigenvalue weighted by Gasteiger charge is -2.34. The van der Waals surface area contributed by atoms with E-state index >= 15 is 0 Å². The fourth-order valence-corrected chi connectivity index (χ4v) is 5.07. The minimum Gasteiger partial charge on any atom is -0.373 e. The third-order valence-electron chi connectivity index (χ3n) is 2.89. The third-order valence-corrected chi connectivity index (χ3v) is 5.88. The van der Waals surface area contributed by atoms with E-state index < -0.39 is 10.0 Å². The highest BCUT2D eigenvalue weighted by atomic mass is 32.2. The summed E-state index contributed by atoms with van der Waals surface area (Å²) in [5, 5.41) is 1.77. The zero-order chi connectivity index (χ0) is 13.3. The summed E-state index contributed by atoms with van der Waals surface area (Å²) in [7, 11) is -3.44. The molecule has 18 heavy (non-hydrogen) atoms. The number of thiophene rings is 1. The molecule has 2 atom stereocenters. The predicted octanol–water partition coefficient (Wildman–Crippen LogP) is 1.00. The molecule has 2 rings (SSSR count). The third kappa shape index (κ3) is 2.60. The Morgan fingerprint density at radius 2 is 2.06 bits per heavy atom. The van der Waals surface area contributed by atoms with E-state index in [-0.39, 0.29) is 18.8 Å². The van der Waals surface area contributed by atoms with Gasteiger partial charge in [-0.3, -0.25) is 0 Å². The van der Waals surface area contributed by atoms with Gasteiger partial charge >= 0.3 is 0 Å². The molecule has 7 heteroatoms.